The number of hydrogen-bond acceptors (Lipinski definition) is 1. The van der Waals surface area contributed by atoms with Crippen LogP contribution < -0.4 is 5.32 Å². The summed E-state index contributed by atoms with van der Waals surface area (Å²) in [6.07, 6.45) is 4.99. The lowest BCUT2D eigenvalue weighted by atomic mass is 10.1. The molecule has 90 valence electrons. The third kappa shape index (κ3) is 4.75. The number of unbranched alkanes of at least 4 members (excludes halogenated alkanes) is 3. The molecule has 1 aromatic rings. The molecular weight excluding hydrogens is 201 g/mol. The molecule has 0 unspecified atom stereocenters. The van der Waals surface area contributed by atoms with Gasteiger partial charge in [-0.3, -0.25) is 0 Å². The summed E-state index contributed by atoms with van der Waals surface area (Å²) in [6.45, 7) is 5.73. The predicted octanol–water partition coefficient (Wildman–Crippen LogP) is 3.80. The van der Waals surface area contributed by atoms with Crippen LogP contribution in [0.4, 0.5) is 4.39 Å². The highest BCUT2D eigenvalue weighted by molar-refractivity contribution is 5.23. The van der Waals surface area contributed by atoms with Gasteiger partial charge in [-0.25, -0.2) is 4.39 Å². The third-order valence-electron chi connectivity index (χ3n) is 2.73. The van der Waals surface area contributed by atoms with E-state index in [0.29, 0.717) is 6.54 Å². The Bertz CT molecular complexity index is 310. The second-order valence-electron chi connectivity index (χ2n) is 4.33. The van der Waals surface area contributed by atoms with Crippen molar-refractivity contribution in [2.24, 2.45) is 0 Å². The maximum atomic E-state index is 13.4. The van der Waals surface area contributed by atoms with Crippen LogP contribution in [0.1, 0.15) is 43.7 Å². The second kappa shape index (κ2) is 7.39. The maximum absolute atomic E-state index is 13.4. The molecule has 0 heterocycles. The van der Waals surface area contributed by atoms with Crippen LogP contribution >= 0.6 is 0 Å². The van der Waals surface area contributed by atoms with E-state index in [2.05, 4.69) is 12.2 Å². The molecule has 16 heavy (non-hydrogen) atoms. The topological polar surface area (TPSA) is 12.0 Å². The van der Waals surface area contributed by atoms with Gasteiger partial charge >= 0.3 is 0 Å². The molecule has 0 saturated heterocycles. The monoisotopic (exact) mass is 223 g/mol. The minimum Gasteiger partial charge on any atom is -0.313 e. The van der Waals surface area contributed by atoms with Gasteiger partial charge in [-0.15, -0.1) is 0 Å². The zero-order chi connectivity index (χ0) is 11.8. The summed E-state index contributed by atoms with van der Waals surface area (Å²) in [4.78, 5) is 0. The predicted molar refractivity (Wildman–Crippen MR) is 67.0 cm³/mol. The van der Waals surface area contributed by atoms with E-state index in [4.69, 9.17) is 0 Å². The number of hydrogen-bond donors (Lipinski definition) is 1. The van der Waals surface area contributed by atoms with Gasteiger partial charge in [0, 0.05) is 12.1 Å². The highest BCUT2D eigenvalue weighted by Gasteiger charge is 2.00. The van der Waals surface area contributed by atoms with Crippen molar-refractivity contribution in [1.82, 2.24) is 5.32 Å². The first-order valence-corrected chi connectivity index (χ1v) is 6.19. The highest BCUT2D eigenvalue weighted by Crippen LogP contribution is 2.09. The Morgan fingerprint density at radius 1 is 1.19 bits per heavy atom. The van der Waals surface area contributed by atoms with Gasteiger partial charge in [-0.05, 0) is 31.5 Å². The Hall–Kier alpha value is -0.890. The first-order chi connectivity index (χ1) is 7.74. The molecule has 0 atom stereocenters. The Balaban J connectivity index is 2.21. The van der Waals surface area contributed by atoms with Gasteiger partial charge in [0.2, 0.25) is 0 Å². The van der Waals surface area contributed by atoms with Crippen molar-refractivity contribution < 1.29 is 4.39 Å². The summed E-state index contributed by atoms with van der Waals surface area (Å²) < 4.78 is 13.4. The van der Waals surface area contributed by atoms with Gasteiger partial charge < -0.3 is 5.32 Å². The van der Waals surface area contributed by atoms with E-state index in [0.717, 1.165) is 17.7 Å². The van der Waals surface area contributed by atoms with E-state index < -0.39 is 0 Å². The van der Waals surface area contributed by atoms with Crippen molar-refractivity contribution in [1.29, 1.82) is 0 Å². The molecule has 2 heteroatoms. The van der Waals surface area contributed by atoms with E-state index in [1.165, 1.54) is 25.7 Å². The van der Waals surface area contributed by atoms with Crippen LogP contribution in [0, 0.1) is 12.7 Å². The Morgan fingerprint density at radius 3 is 2.69 bits per heavy atom. The van der Waals surface area contributed by atoms with E-state index >= 15 is 0 Å². The average Bonchev–Trinajstić information content (AvgIpc) is 2.26. The average molecular weight is 223 g/mol. The fraction of sp³-hybridized carbons (Fsp3) is 0.571. The van der Waals surface area contributed by atoms with Gasteiger partial charge in [0.1, 0.15) is 5.82 Å². The molecule has 1 aromatic carbocycles. The SMILES string of the molecule is CCCCCCNCc1ccc(C)cc1F. The van der Waals surface area contributed by atoms with E-state index in [1.807, 2.05) is 19.1 Å². The van der Waals surface area contributed by atoms with Crippen molar-refractivity contribution in [3.63, 3.8) is 0 Å². The molecule has 0 bridgehead atoms. The molecule has 1 rings (SSSR count). The molecule has 1 nitrogen and oxygen atoms in total. The van der Waals surface area contributed by atoms with E-state index in [9.17, 15) is 4.39 Å². The molecule has 0 spiro atoms. The largest absolute Gasteiger partial charge is 0.313 e. The van der Waals surface area contributed by atoms with Gasteiger partial charge in [-0.1, -0.05) is 38.3 Å². The normalized spacial score (nSPS) is 10.7. The second-order valence-corrected chi connectivity index (χ2v) is 4.33. The highest BCUT2D eigenvalue weighted by atomic mass is 19.1. The molecule has 1 N–H and O–H groups in total. The molecule has 0 amide bonds. The van der Waals surface area contributed by atoms with E-state index in [-0.39, 0.29) is 5.82 Å². The van der Waals surface area contributed by atoms with Crippen LogP contribution in [0.2, 0.25) is 0 Å². The Morgan fingerprint density at radius 2 is 2.00 bits per heavy atom. The molecule has 0 aliphatic rings. The first kappa shape index (κ1) is 13.2. The minimum absolute atomic E-state index is 0.0962. The molecule has 0 aromatic heterocycles. The van der Waals surface area contributed by atoms with Crippen molar-refractivity contribution in [3.8, 4) is 0 Å². The van der Waals surface area contributed by atoms with E-state index in [1.54, 1.807) is 6.07 Å². The first-order valence-electron chi connectivity index (χ1n) is 6.19. The quantitative estimate of drug-likeness (QED) is 0.693. The number of halogens is 1. The lowest BCUT2D eigenvalue weighted by Crippen LogP contribution is -2.15. The number of nitrogens with one attached hydrogen (secondary N) is 1. The number of benzene rings is 1. The Labute approximate surface area is 98.1 Å². The summed E-state index contributed by atoms with van der Waals surface area (Å²) in [5.74, 6) is -0.0962. The number of rotatable bonds is 7. The van der Waals surface area contributed by atoms with Crippen molar-refractivity contribution in [2.45, 2.75) is 46.1 Å². The van der Waals surface area contributed by atoms with Gasteiger partial charge in [0.05, 0.1) is 0 Å². The summed E-state index contributed by atoms with van der Waals surface area (Å²) in [5, 5.41) is 3.28. The van der Waals surface area contributed by atoms with Crippen LogP contribution in [0.15, 0.2) is 18.2 Å². The molecule has 0 aliphatic carbocycles. The zero-order valence-electron chi connectivity index (χ0n) is 10.4. The zero-order valence-corrected chi connectivity index (χ0v) is 10.4. The van der Waals surface area contributed by atoms with Crippen molar-refractivity contribution in [2.75, 3.05) is 6.54 Å². The third-order valence-corrected chi connectivity index (χ3v) is 2.73. The fourth-order valence-corrected chi connectivity index (χ4v) is 1.70. The summed E-state index contributed by atoms with van der Waals surface area (Å²) in [7, 11) is 0. The van der Waals surface area contributed by atoms with Crippen LogP contribution in [0.3, 0.4) is 0 Å². The standard InChI is InChI=1S/C14H22FN/c1-3-4-5-6-9-16-11-13-8-7-12(2)10-14(13)15/h7-8,10,16H,3-6,9,11H2,1-2H3. The molecule has 0 radical (unpaired) electrons. The maximum Gasteiger partial charge on any atom is 0.127 e. The van der Waals surface area contributed by atoms with Crippen LogP contribution in [-0.2, 0) is 6.54 Å². The van der Waals surface area contributed by atoms with Crippen LogP contribution in [0.5, 0.6) is 0 Å². The Kier molecular flexibility index (Phi) is 6.09. The summed E-state index contributed by atoms with van der Waals surface area (Å²) >= 11 is 0. The minimum atomic E-state index is -0.0962. The van der Waals surface area contributed by atoms with Crippen LogP contribution in [0.25, 0.3) is 0 Å². The smallest absolute Gasteiger partial charge is 0.127 e. The molecular formula is C14H22FN. The van der Waals surface area contributed by atoms with Crippen molar-refractivity contribution in [3.05, 3.63) is 35.1 Å². The lowest BCUT2D eigenvalue weighted by Gasteiger charge is -2.06. The lowest BCUT2D eigenvalue weighted by molar-refractivity contribution is 0.567. The summed E-state index contributed by atoms with van der Waals surface area (Å²) in [5.41, 5.74) is 1.74. The fourth-order valence-electron chi connectivity index (χ4n) is 1.70. The van der Waals surface area contributed by atoms with Gasteiger partial charge in [-0.2, -0.15) is 0 Å². The molecule has 0 saturated carbocycles. The summed E-state index contributed by atoms with van der Waals surface area (Å²) in [6, 6.07) is 5.41. The van der Waals surface area contributed by atoms with Gasteiger partial charge in [0.15, 0.2) is 0 Å². The van der Waals surface area contributed by atoms with Gasteiger partial charge in [0.25, 0.3) is 0 Å². The number of aryl methyl sites for hydroxylation is 1. The van der Waals surface area contributed by atoms with Crippen LogP contribution in [-0.4, -0.2) is 6.54 Å². The molecule has 0 fully saturated rings. The van der Waals surface area contributed by atoms with Crippen molar-refractivity contribution >= 4 is 0 Å². The molecule has 0 aliphatic heterocycles.